The number of allylic oxidation sites excluding steroid dienone is 4. The predicted molar refractivity (Wildman–Crippen MR) is 46.8 cm³/mol. The van der Waals surface area contributed by atoms with Crippen molar-refractivity contribution in [2.45, 2.75) is 13.3 Å². The van der Waals surface area contributed by atoms with E-state index < -0.39 is 0 Å². The number of hydrogen-bond acceptors (Lipinski definition) is 0. The minimum Gasteiger partial charge on any atom is -0.270 e. The minimum atomic E-state index is 0. The molecular weight excluding hydrogens is 422 g/mol. The maximum Gasteiger partial charge on any atom is 1.00 e. The number of halogens is 2. The van der Waals surface area contributed by atoms with Gasteiger partial charge in [-0.15, -0.1) is 40.4 Å². The van der Waals surface area contributed by atoms with Crippen molar-refractivity contribution in [2.24, 2.45) is 0 Å². The summed E-state index contributed by atoms with van der Waals surface area (Å²) in [6.07, 6.45) is 8.33. The zero-order valence-corrected chi connectivity index (χ0v) is 11.0. The summed E-state index contributed by atoms with van der Waals surface area (Å²) in [5.41, 5.74) is 1.27. The third-order valence-electron chi connectivity index (χ3n) is 0.867. The van der Waals surface area contributed by atoms with Gasteiger partial charge in [-0.1, -0.05) is 6.92 Å². The molecule has 0 amide bonds. The van der Waals surface area contributed by atoms with Gasteiger partial charge in [0.1, 0.15) is 0 Å². The van der Waals surface area contributed by atoms with Crippen LogP contribution in [0.5, 0.6) is 0 Å². The van der Waals surface area contributed by atoms with Gasteiger partial charge in [-0.05, 0) is 0 Å². The Morgan fingerprint density at radius 2 is 2.00 bits per heavy atom. The van der Waals surface area contributed by atoms with E-state index in [0.717, 1.165) is 6.42 Å². The fraction of sp³-hybridized carbons (Fsp3) is 0.333. The van der Waals surface area contributed by atoms with Gasteiger partial charge >= 0.3 is 19.8 Å². The molecule has 1 aliphatic carbocycles. The van der Waals surface area contributed by atoms with E-state index in [0.29, 0.717) is 0 Å². The molecule has 3 heteroatoms. The summed E-state index contributed by atoms with van der Waals surface area (Å²) in [7, 11) is 0. The molecule has 1 aliphatic rings. The van der Waals surface area contributed by atoms with Crippen molar-refractivity contribution < 1.29 is 19.8 Å². The Hall–Kier alpha value is 1.08. The van der Waals surface area contributed by atoms with Crippen molar-refractivity contribution >= 4 is 34.0 Å². The van der Waals surface area contributed by atoms with E-state index in [1.807, 2.05) is 0 Å². The monoisotopic (exact) mass is 431 g/mol. The summed E-state index contributed by atoms with van der Waals surface area (Å²) in [4.78, 5) is 0. The van der Waals surface area contributed by atoms with E-state index >= 15 is 0 Å². The normalized spacial score (nSPS) is 12.3. The second-order valence-electron chi connectivity index (χ2n) is 1.47. The van der Waals surface area contributed by atoms with Crippen molar-refractivity contribution in [3.8, 4) is 0 Å². The molecular formula is C6H9Br2Os. The number of rotatable bonds is 0. The molecule has 0 saturated heterocycles. The first-order chi connectivity index (χ1) is 2.89. The quantitative estimate of drug-likeness (QED) is 0.518. The molecule has 0 N–H and O–H groups in total. The molecule has 0 bridgehead atoms. The molecule has 0 spiro atoms. The van der Waals surface area contributed by atoms with Gasteiger partial charge in [-0.3, -0.25) is 6.08 Å². The Labute approximate surface area is 90.4 Å². The third kappa shape index (κ3) is 6.97. The van der Waals surface area contributed by atoms with Crippen molar-refractivity contribution in [1.29, 1.82) is 0 Å². The van der Waals surface area contributed by atoms with Crippen LogP contribution in [-0.2, 0) is 19.8 Å². The van der Waals surface area contributed by atoms with Crippen LogP contribution in [0.3, 0.4) is 0 Å². The van der Waals surface area contributed by atoms with Crippen molar-refractivity contribution in [2.75, 3.05) is 0 Å². The zero-order valence-electron chi connectivity index (χ0n) is 5.03. The molecule has 0 unspecified atom stereocenters. The van der Waals surface area contributed by atoms with Crippen LogP contribution in [0, 0.1) is 6.08 Å². The molecule has 0 fully saturated rings. The summed E-state index contributed by atoms with van der Waals surface area (Å²) in [6, 6.07) is 0. The standard InChI is InChI=1S/C6H7.2BrH.Os/c1-6-4-2-3-5-6;;;/h2,4H,3H2,1H3;2*1H;/q-1;;;+1. The van der Waals surface area contributed by atoms with Gasteiger partial charge in [-0.2, -0.15) is 6.08 Å². The Kier molecular flexibility index (Phi) is 16.7. The summed E-state index contributed by atoms with van der Waals surface area (Å²) >= 11 is 0. The fourth-order valence-corrected chi connectivity index (χ4v) is 0.515. The van der Waals surface area contributed by atoms with Crippen molar-refractivity contribution in [3.63, 3.8) is 0 Å². The second-order valence-corrected chi connectivity index (χ2v) is 1.47. The molecule has 1 radical (unpaired) electrons. The maximum atomic E-state index is 3.12. The van der Waals surface area contributed by atoms with Crippen LogP contribution in [0.1, 0.15) is 13.3 Å². The fourth-order valence-electron chi connectivity index (χ4n) is 0.515. The molecule has 55 valence electrons. The van der Waals surface area contributed by atoms with Crippen molar-refractivity contribution in [3.05, 3.63) is 23.8 Å². The van der Waals surface area contributed by atoms with Gasteiger partial charge in [0, 0.05) is 0 Å². The first kappa shape index (κ1) is 16.6. The van der Waals surface area contributed by atoms with E-state index in [-0.39, 0.29) is 53.8 Å². The molecule has 1 rings (SSSR count). The van der Waals surface area contributed by atoms with Crippen molar-refractivity contribution in [1.82, 2.24) is 0 Å². The van der Waals surface area contributed by atoms with E-state index in [1.54, 1.807) is 0 Å². The van der Waals surface area contributed by atoms with Crippen LogP contribution in [0.25, 0.3) is 0 Å². The SMILES string of the molecule is Br.Br.CC1=[C-]CC=C1.[Os+]. The van der Waals surface area contributed by atoms with Gasteiger partial charge in [0.2, 0.25) is 0 Å². The van der Waals surface area contributed by atoms with E-state index in [2.05, 4.69) is 25.2 Å². The Balaban J connectivity index is -0.000000120. The topological polar surface area (TPSA) is 0 Å². The molecule has 0 aromatic rings. The molecule has 0 nitrogen and oxygen atoms in total. The van der Waals surface area contributed by atoms with Gasteiger partial charge in [0.05, 0.1) is 0 Å². The summed E-state index contributed by atoms with van der Waals surface area (Å²) in [5.74, 6) is 0. The summed E-state index contributed by atoms with van der Waals surface area (Å²) in [5, 5.41) is 0. The van der Waals surface area contributed by atoms with Crippen LogP contribution >= 0.6 is 34.0 Å². The van der Waals surface area contributed by atoms with Crippen LogP contribution in [0.15, 0.2) is 17.7 Å². The Morgan fingerprint density at radius 1 is 1.44 bits per heavy atom. The first-order valence-corrected chi connectivity index (χ1v) is 2.13. The molecule has 0 aromatic heterocycles. The van der Waals surface area contributed by atoms with Gasteiger partial charge in [-0.25, -0.2) is 11.6 Å². The molecule has 0 atom stereocenters. The summed E-state index contributed by atoms with van der Waals surface area (Å²) in [6.45, 7) is 2.06. The molecule has 0 heterocycles. The van der Waals surface area contributed by atoms with Crippen LogP contribution < -0.4 is 0 Å². The largest absolute Gasteiger partial charge is 1.00 e. The maximum absolute atomic E-state index is 3.12. The van der Waals surface area contributed by atoms with Crippen LogP contribution in [-0.4, -0.2) is 0 Å². The first-order valence-electron chi connectivity index (χ1n) is 2.13. The van der Waals surface area contributed by atoms with E-state index in [9.17, 15) is 0 Å². The molecule has 0 saturated carbocycles. The minimum absolute atomic E-state index is 0. The average Bonchev–Trinajstić information content (AvgIpc) is 1.86. The third-order valence-corrected chi connectivity index (χ3v) is 0.867. The second kappa shape index (κ2) is 9.08. The van der Waals surface area contributed by atoms with Gasteiger partial charge < -0.3 is 0 Å². The molecule has 0 aromatic carbocycles. The number of hydrogen-bond donors (Lipinski definition) is 0. The predicted octanol–water partition coefficient (Wildman–Crippen LogP) is 2.85. The van der Waals surface area contributed by atoms with E-state index in [1.165, 1.54) is 5.57 Å². The van der Waals surface area contributed by atoms with Gasteiger partial charge in [0.25, 0.3) is 0 Å². The molecule has 0 aliphatic heterocycles. The van der Waals surface area contributed by atoms with E-state index in [4.69, 9.17) is 0 Å². The van der Waals surface area contributed by atoms with Gasteiger partial charge in [0.15, 0.2) is 0 Å². The smallest absolute Gasteiger partial charge is 0.270 e. The van der Waals surface area contributed by atoms with Crippen LogP contribution in [0.2, 0.25) is 0 Å². The van der Waals surface area contributed by atoms with Crippen LogP contribution in [0.4, 0.5) is 0 Å². The molecule has 9 heavy (non-hydrogen) atoms. The Morgan fingerprint density at radius 3 is 2.11 bits per heavy atom. The zero-order chi connectivity index (χ0) is 4.41. The average molecular weight is 431 g/mol. The Bertz CT molecular complexity index is 105. The summed E-state index contributed by atoms with van der Waals surface area (Å²) < 4.78 is 0.